The van der Waals surface area contributed by atoms with E-state index in [2.05, 4.69) is 20.8 Å². The van der Waals surface area contributed by atoms with Crippen molar-refractivity contribution < 1.29 is 27.9 Å². The van der Waals surface area contributed by atoms with Crippen molar-refractivity contribution >= 4 is 21.7 Å². The van der Waals surface area contributed by atoms with Gasteiger partial charge in [-0.1, -0.05) is 27.2 Å². The molecular formula is C22H38N4O6S. The molecule has 1 heterocycles. The summed E-state index contributed by atoms with van der Waals surface area (Å²) >= 11 is 0. The quantitative estimate of drug-likeness (QED) is 0.258. The van der Waals surface area contributed by atoms with E-state index in [0.29, 0.717) is 37.1 Å². The minimum Gasteiger partial charge on any atom is -0.469 e. The first-order valence-electron chi connectivity index (χ1n) is 11.0. The molecule has 0 aliphatic carbocycles. The number of sulfone groups is 1. The van der Waals surface area contributed by atoms with Gasteiger partial charge in [-0.3, -0.25) is 25.0 Å². The molecule has 2 atom stereocenters. The lowest BCUT2D eigenvalue weighted by Crippen LogP contribution is -2.47. The number of hydrazine groups is 1. The first-order chi connectivity index (χ1) is 15.3. The summed E-state index contributed by atoms with van der Waals surface area (Å²) in [6.07, 6.45) is 4.97. The molecule has 11 heteroatoms. The number of carbonyl (C=O) groups excluding carboxylic acids is 2. The van der Waals surface area contributed by atoms with Crippen LogP contribution in [0.3, 0.4) is 0 Å². The molecule has 0 spiro atoms. The third-order valence-electron chi connectivity index (χ3n) is 5.65. The molecule has 1 amide bonds. The molecule has 1 unspecified atom stereocenters. The Labute approximate surface area is 196 Å². The van der Waals surface area contributed by atoms with Crippen LogP contribution in [-0.4, -0.2) is 67.6 Å². The summed E-state index contributed by atoms with van der Waals surface area (Å²) in [4.78, 5) is 33.6. The summed E-state index contributed by atoms with van der Waals surface area (Å²) in [7, 11) is -0.437. The van der Waals surface area contributed by atoms with E-state index in [4.69, 9.17) is 9.84 Å². The Morgan fingerprint density at radius 3 is 2.45 bits per heavy atom. The van der Waals surface area contributed by atoms with Gasteiger partial charge >= 0.3 is 5.97 Å². The fourth-order valence-electron chi connectivity index (χ4n) is 3.78. The molecule has 0 saturated carbocycles. The van der Waals surface area contributed by atoms with Crippen molar-refractivity contribution in [3.05, 3.63) is 23.8 Å². The summed E-state index contributed by atoms with van der Waals surface area (Å²) in [6.45, 7) is 6.83. The second kappa shape index (κ2) is 12.4. The number of carbonyl (C=O) groups is 2. The van der Waals surface area contributed by atoms with Crippen LogP contribution in [0.1, 0.15) is 58.3 Å². The zero-order valence-electron chi connectivity index (χ0n) is 20.5. The van der Waals surface area contributed by atoms with Crippen LogP contribution in [-0.2, 0) is 36.0 Å². The fraction of sp³-hybridized carbons (Fsp3) is 0.727. The van der Waals surface area contributed by atoms with Crippen molar-refractivity contribution in [3.8, 4) is 0 Å². The van der Waals surface area contributed by atoms with Crippen molar-refractivity contribution in [2.24, 2.45) is 11.3 Å². The zero-order valence-corrected chi connectivity index (χ0v) is 21.3. The summed E-state index contributed by atoms with van der Waals surface area (Å²) in [5, 5.41) is 8.97. The monoisotopic (exact) mass is 486 g/mol. The number of hydrogen-bond acceptors (Lipinski definition) is 9. The van der Waals surface area contributed by atoms with Gasteiger partial charge in [0.2, 0.25) is 5.91 Å². The molecule has 1 aromatic heterocycles. The number of hydrogen-bond donors (Lipinski definition) is 3. The maximum absolute atomic E-state index is 13.0. The summed E-state index contributed by atoms with van der Waals surface area (Å²) in [5.41, 5.74) is 4.77. The van der Waals surface area contributed by atoms with E-state index in [-0.39, 0.29) is 23.4 Å². The molecule has 0 radical (unpaired) electrons. The average molecular weight is 487 g/mol. The Morgan fingerprint density at radius 1 is 1.21 bits per heavy atom. The Hall–Kier alpha value is -2.11. The van der Waals surface area contributed by atoms with E-state index in [0.717, 1.165) is 0 Å². The Balaban J connectivity index is 3.06. The highest BCUT2D eigenvalue weighted by molar-refractivity contribution is 7.91. The van der Waals surface area contributed by atoms with Gasteiger partial charge < -0.3 is 9.84 Å². The first kappa shape index (κ1) is 28.9. The molecular weight excluding hydrogens is 448 g/mol. The summed E-state index contributed by atoms with van der Waals surface area (Å²) in [6, 6.07) is 0. The standard InChI is InChI=1S/C22H38N4O6S/c1-16(19(28)32-6)12-17-13-24-14-18(25-17)22(4,20(29)26-23-5)9-7-8-21(2,3)15-33(30,31)11-10-27/h13-14,16,23,27H,7-12,15H2,1-6H3,(H,26,29)/t16-,22?/m0/s1. The maximum atomic E-state index is 13.0. The Kier molecular flexibility index (Phi) is 10.9. The third-order valence-corrected chi connectivity index (χ3v) is 7.68. The molecule has 0 aliphatic rings. The topological polar surface area (TPSA) is 148 Å². The number of esters is 1. The van der Waals surface area contributed by atoms with Crippen LogP contribution >= 0.6 is 0 Å². The second-order valence-electron chi connectivity index (χ2n) is 9.39. The molecule has 33 heavy (non-hydrogen) atoms. The van der Waals surface area contributed by atoms with Gasteiger partial charge in [0.05, 0.1) is 47.9 Å². The first-order valence-corrected chi connectivity index (χ1v) is 12.8. The van der Waals surface area contributed by atoms with E-state index in [9.17, 15) is 18.0 Å². The number of nitrogens with one attached hydrogen (secondary N) is 2. The Bertz CT molecular complexity index is 906. The van der Waals surface area contributed by atoms with Gasteiger partial charge in [-0.2, -0.15) is 0 Å². The van der Waals surface area contributed by atoms with E-state index in [1.54, 1.807) is 33.3 Å². The summed E-state index contributed by atoms with van der Waals surface area (Å²) in [5.74, 6) is -1.34. The number of methoxy groups -OCH3 is 1. The van der Waals surface area contributed by atoms with E-state index >= 15 is 0 Å². The van der Waals surface area contributed by atoms with Gasteiger partial charge in [0.15, 0.2) is 9.84 Å². The second-order valence-corrected chi connectivity index (χ2v) is 11.6. The molecule has 1 rings (SSSR count). The van der Waals surface area contributed by atoms with E-state index in [1.165, 1.54) is 7.11 Å². The number of rotatable bonds is 14. The summed E-state index contributed by atoms with van der Waals surface area (Å²) < 4.78 is 29.0. The van der Waals surface area contributed by atoms with Gasteiger partial charge in [-0.15, -0.1) is 0 Å². The number of ether oxygens (including phenoxy) is 1. The normalized spacial score (nSPS) is 14.9. The molecule has 10 nitrogen and oxygen atoms in total. The molecule has 0 bridgehead atoms. The van der Waals surface area contributed by atoms with Gasteiger partial charge in [-0.25, -0.2) is 13.8 Å². The lowest BCUT2D eigenvalue weighted by atomic mass is 9.78. The minimum absolute atomic E-state index is 0.0410. The number of nitrogens with zero attached hydrogens (tertiary/aromatic N) is 2. The van der Waals surface area contributed by atoms with Gasteiger partial charge in [0, 0.05) is 25.9 Å². The van der Waals surface area contributed by atoms with Crippen molar-refractivity contribution in [1.29, 1.82) is 0 Å². The zero-order chi connectivity index (χ0) is 25.3. The lowest BCUT2D eigenvalue weighted by Gasteiger charge is -2.30. The minimum atomic E-state index is -3.36. The van der Waals surface area contributed by atoms with Gasteiger partial charge in [0.25, 0.3) is 0 Å². The van der Waals surface area contributed by atoms with Crippen molar-refractivity contribution in [1.82, 2.24) is 20.8 Å². The number of amides is 1. The highest BCUT2D eigenvalue weighted by atomic mass is 32.2. The molecule has 0 aromatic carbocycles. The van der Waals surface area contributed by atoms with Crippen LogP contribution in [0.15, 0.2) is 12.4 Å². The molecule has 1 aromatic rings. The van der Waals surface area contributed by atoms with Gasteiger partial charge in [0.1, 0.15) is 0 Å². The highest BCUT2D eigenvalue weighted by Crippen LogP contribution is 2.33. The average Bonchev–Trinajstić information content (AvgIpc) is 2.72. The molecule has 3 N–H and O–H groups in total. The highest BCUT2D eigenvalue weighted by Gasteiger charge is 2.38. The van der Waals surface area contributed by atoms with Crippen LogP contribution in [0.2, 0.25) is 0 Å². The van der Waals surface area contributed by atoms with Crippen LogP contribution in [0.25, 0.3) is 0 Å². The largest absolute Gasteiger partial charge is 0.469 e. The number of aliphatic hydroxyl groups excluding tert-OH is 1. The van der Waals surface area contributed by atoms with Gasteiger partial charge in [-0.05, 0) is 25.2 Å². The molecule has 188 valence electrons. The van der Waals surface area contributed by atoms with Crippen LogP contribution < -0.4 is 10.9 Å². The molecule has 0 aliphatic heterocycles. The molecule has 0 saturated heterocycles. The van der Waals surface area contributed by atoms with Crippen molar-refractivity contribution in [2.75, 3.05) is 32.3 Å². The van der Waals surface area contributed by atoms with Crippen molar-refractivity contribution in [2.45, 2.75) is 58.8 Å². The Morgan fingerprint density at radius 2 is 1.88 bits per heavy atom. The number of aromatic nitrogens is 2. The maximum Gasteiger partial charge on any atom is 0.308 e. The van der Waals surface area contributed by atoms with Crippen LogP contribution in [0, 0.1) is 11.3 Å². The van der Waals surface area contributed by atoms with Crippen LogP contribution in [0.5, 0.6) is 0 Å². The van der Waals surface area contributed by atoms with Crippen LogP contribution in [0.4, 0.5) is 0 Å². The fourth-order valence-corrected chi connectivity index (χ4v) is 5.53. The van der Waals surface area contributed by atoms with E-state index in [1.807, 2.05) is 13.8 Å². The lowest BCUT2D eigenvalue weighted by molar-refractivity contribution is -0.144. The van der Waals surface area contributed by atoms with E-state index < -0.39 is 33.2 Å². The molecule has 0 fully saturated rings. The van der Waals surface area contributed by atoms with Crippen molar-refractivity contribution in [3.63, 3.8) is 0 Å². The third kappa shape index (κ3) is 8.98. The SMILES string of the molecule is CNNC(=O)C(C)(CCCC(C)(C)CS(=O)(=O)CCO)c1cncc(C[C@H](C)C(=O)OC)n1. The predicted molar refractivity (Wildman–Crippen MR) is 125 cm³/mol. The predicted octanol–water partition coefficient (Wildman–Crippen LogP) is 0.940. The number of aliphatic hydroxyl groups is 1. The smallest absolute Gasteiger partial charge is 0.308 e.